The van der Waals surface area contributed by atoms with Crippen molar-refractivity contribution >= 4 is 21.9 Å². The zero-order chi connectivity index (χ0) is 13.4. The van der Waals surface area contributed by atoms with E-state index in [1.807, 2.05) is 12.1 Å². The number of hydrogen-bond acceptors (Lipinski definition) is 6. The van der Waals surface area contributed by atoms with E-state index >= 15 is 0 Å². The Labute approximate surface area is 113 Å². The van der Waals surface area contributed by atoms with Crippen LogP contribution in [-0.2, 0) is 0 Å². The molecular weight excluding hydrogens is 252 g/mol. The van der Waals surface area contributed by atoms with Gasteiger partial charge in [-0.1, -0.05) is 0 Å². The summed E-state index contributed by atoms with van der Waals surface area (Å²) in [6, 6.07) is 3.77. The number of nitrogens with zero attached hydrogens (tertiary/aromatic N) is 6. The lowest BCUT2D eigenvalue weighted by Crippen LogP contribution is -1.92. The van der Waals surface area contributed by atoms with Gasteiger partial charge in [-0.25, -0.2) is 19.9 Å². The number of pyridine rings is 2. The predicted octanol–water partition coefficient (Wildman–Crippen LogP) is 2.03. The molecule has 94 valence electrons. The Balaban J connectivity index is 1.91. The van der Waals surface area contributed by atoms with Crippen LogP contribution in [0.1, 0.15) is 0 Å². The molecule has 20 heavy (non-hydrogen) atoms. The highest BCUT2D eigenvalue weighted by atomic mass is 14.9. The van der Waals surface area contributed by atoms with E-state index in [9.17, 15) is 0 Å². The summed E-state index contributed by atoms with van der Waals surface area (Å²) >= 11 is 0. The third-order valence-corrected chi connectivity index (χ3v) is 3.00. The zero-order valence-corrected chi connectivity index (χ0v) is 10.3. The molecule has 4 aromatic heterocycles. The average Bonchev–Trinajstić information content (AvgIpc) is 2.54. The highest BCUT2D eigenvalue weighted by Crippen LogP contribution is 2.19. The summed E-state index contributed by atoms with van der Waals surface area (Å²) in [5, 5.41) is 0.910. The summed E-state index contributed by atoms with van der Waals surface area (Å²) in [6.07, 6.45) is 10.1. The van der Waals surface area contributed by atoms with Crippen molar-refractivity contribution in [1.29, 1.82) is 0 Å². The molecule has 0 aliphatic heterocycles. The number of aromatic nitrogens is 6. The van der Waals surface area contributed by atoms with Crippen molar-refractivity contribution in [2.75, 3.05) is 0 Å². The molecule has 0 aliphatic carbocycles. The fourth-order valence-electron chi connectivity index (χ4n) is 2.00. The van der Waals surface area contributed by atoms with E-state index < -0.39 is 0 Å². The van der Waals surface area contributed by atoms with Gasteiger partial charge in [0, 0.05) is 35.7 Å². The van der Waals surface area contributed by atoms with E-state index in [2.05, 4.69) is 29.9 Å². The van der Waals surface area contributed by atoms with Crippen LogP contribution in [0.2, 0.25) is 0 Å². The van der Waals surface area contributed by atoms with Gasteiger partial charge in [0.25, 0.3) is 0 Å². The third-order valence-electron chi connectivity index (χ3n) is 3.00. The van der Waals surface area contributed by atoms with Crippen LogP contribution in [0, 0.1) is 0 Å². The Morgan fingerprint density at radius 1 is 0.750 bits per heavy atom. The van der Waals surface area contributed by atoms with E-state index in [4.69, 9.17) is 0 Å². The van der Waals surface area contributed by atoms with E-state index in [-0.39, 0.29) is 0 Å². The van der Waals surface area contributed by atoms with E-state index in [0.29, 0.717) is 5.82 Å². The van der Waals surface area contributed by atoms with Crippen LogP contribution in [0.3, 0.4) is 0 Å². The maximum atomic E-state index is 4.52. The summed E-state index contributed by atoms with van der Waals surface area (Å²) in [7, 11) is 0. The molecule has 0 amide bonds. The first-order chi connectivity index (χ1) is 9.90. The first-order valence-corrected chi connectivity index (χ1v) is 6.03. The summed E-state index contributed by atoms with van der Waals surface area (Å²) in [5.41, 5.74) is 3.21. The predicted molar refractivity (Wildman–Crippen MR) is 73.7 cm³/mol. The fourth-order valence-corrected chi connectivity index (χ4v) is 2.00. The standard InChI is InChI=1S/C14H8N6/c1-2-15-4-10-6-18-14(20-11(1)10)9-3-12-13(17-5-9)7-16-8-19-12/h1-8H. The van der Waals surface area contributed by atoms with Crippen LogP contribution in [0.15, 0.2) is 49.4 Å². The molecule has 0 fully saturated rings. The lowest BCUT2D eigenvalue weighted by molar-refractivity contribution is 1.18. The molecule has 0 unspecified atom stereocenters. The molecule has 4 heterocycles. The van der Waals surface area contributed by atoms with Crippen LogP contribution >= 0.6 is 0 Å². The molecule has 4 rings (SSSR count). The van der Waals surface area contributed by atoms with E-state index in [1.54, 1.807) is 31.0 Å². The Hall–Kier alpha value is -3.02. The molecule has 0 saturated carbocycles. The van der Waals surface area contributed by atoms with Crippen molar-refractivity contribution in [2.45, 2.75) is 0 Å². The minimum atomic E-state index is 0.622. The normalized spacial score (nSPS) is 11.0. The van der Waals surface area contributed by atoms with Gasteiger partial charge < -0.3 is 0 Å². The molecular formula is C14H8N6. The molecule has 0 saturated heterocycles. The van der Waals surface area contributed by atoms with Crippen LogP contribution in [0.5, 0.6) is 0 Å². The van der Waals surface area contributed by atoms with Crippen LogP contribution in [-0.4, -0.2) is 29.9 Å². The Morgan fingerprint density at radius 3 is 2.75 bits per heavy atom. The second-order valence-electron chi connectivity index (χ2n) is 4.28. The molecule has 0 bridgehead atoms. The van der Waals surface area contributed by atoms with Crippen LogP contribution in [0.4, 0.5) is 0 Å². The lowest BCUT2D eigenvalue weighted by atomic mass is 10.2. The molecule has 0 radical (unpaired) electrons. The molecule has 0 N–H and O–H groups in total. The van der Waals surface area contributed by atoms with E-state index in [1.165, 1.54) is 6.33 Å². The largest absolute Gasteiger partial charge is 0.264 e. The van der Waals surface area contributed by atoms with Gasteiger partial charge in [-0.15, -0.1) is 0 Å². The van der Waals surface area contributed by atoms with Gasteiger partial charge in [-0.05, 0) is 12.1 Å². The van der Waals surface area contributed by atoms with Crippen molar-refractivity contribution in [3.8, 4) is 11.4 Å². The lowest BCUT2D eigenvalue weighted by Gasteiger charge is -2.02. The number of rotatable bonds is 1. The monoisotopic (exact) mass is 260 g/mol. The number of fused-ring (bicyclic) bond motifs is 2. The SMILES string of the molecule is c1cc2nc(-c3cnc4cncnc4c3)ncc2cn1. The minimum absolute atomic E-state index is 0.622. The van der Waals surface area contributed by atoms with Gasteiger partial charge in [-0.2, -0.15) is 0 Å². The molecule has 0 atom stereocenters. The first-order valence-electron chi connectivity index (χ1n) is 6.03. The van der Waals surface area contributed by atoms with Crippen molar-refractivity contribution in [1.82, 2.24) is 29.9 Å². The third kappa shape index (κ3) is 1.74. The van der Waals surface area contributed by atoms with Crippen molar-refractivity contribution in [3.63, 3.8) is 0 Å². The van der Waals surface area contributed by atoms with Crippen LogP contribution in [0.25, 0.3) is 33.3 Å². The fraction of sp³-hybridized carbons (Fsp3) is 0. The Bertz CT molecular complexity index is 844. The second-order valence-corrected chi connectivity index (χ2v) is 4.28. The molecule has 6 heteroatoms. The van der Waals surface area contributed by atoms with Crippen molar-refractivity contribution in [3.05, 3.63) is 49.4 Å². The zero-order valence-electron chi connectivity index (χ0n) is 10.3. The van der Waals surface area contributed by atoms with Gasteiger partial charge in [0.1, 0.15) is 11.8 Å². The Kier molecular flexibility index (Phi) is 2.32. The highest BCUT2D eigenvalue weighted by Gasteiger charge is 2.05. The molecule has 0 aromatic carbocycles. The highest BCUT2D eigenvalue weighted by molar-refractivity contribution is 5.81. The quantitative estimate of drug-likeness (QED) is 0.521. The summed E-state index contributed by atoms with van der Waals surface area (Å²) in [6.45, 7) is 0. The topological polar surface area (TPSA) is 77.3 Å². The molecule has 6 nitrogen and oxygen atoms in total. The maximum absolute atomic E-state index is 4.52. The summed E-state index contributed by atoms with van der Waals surface area (Å²) in [4.78, 5) is 25.4. The summed E-state index contributed by atoms with van der Waals surface area (Å²) < 4.78 is 0. The minimum Gasteiger partial charge on any atom is -0.264 e. The van der Waals surface area contributed by atoms with E-state index in [0.717, 1.165) is 27.5 Å². The second kappa shape index (κ2) is 4.27. The van der Waals surface area contributed by atoms with Crippen molar-refractivity contribution in [2.24, 2.45) is 0 Å². The molecule has 0 spiro atoms. The number of hydrogen-bond donors (Lipinski definition) is 0. The summed E-state index contributed by atoms with van der Waals surface area (Å²) in [5.74, 6) is 0.622. The van der Waals surface area contributed by atoms with Gasteiger partial charge >= 0.3 is 0 Å². The van der Waals surface area contributed by atoms with Gasteiger partial charge in [0.05, 0.1) is 17.2 Å². The average molecular weight is 260 g/mol. The van der Waals surface area contributed by atoms with Gasteiger partial charge in [0.15, 0.2) is 5.82 Å². The molecule has 0 aliphatic rings. The smallest absolute Gasteiger partial charge is 0.161 e. The first kappa shape index (κ1) is 10.9. The Morgan fingerprint density at radius 2 is 1.75 bits per heavy atom. The van der Waals surface area contributed by atoms with Gasteiger partial charge in [0.2, 0.25) is 0 Å². The van der Waals surface area contributed by atoms with Gasteiger partial charge in [-0.3, -0.25) is 9.97 Å². The molecule has 4 aromatic rings. The van der Waals surface area contributed by atoms with Crippen LogP contribution < -0.4 is 0 Å². The van der Waals surface area contributed by atoms with Crippen molar-refractivity contribution < 1.29 is 0 Å². The maximum Gasteiger partial charge on any atom is 0.161 e.